The molecule has 0 spiro atoms. The van der Waals surface area contributed by atoms with E-state index in [-0.39, 0.29) is 11.8 Å². The predicted octanol–water partition coefficient (Wildman–Crippen LogP) is 4.86. The lowest BCUT2D eigenvalue weighted by Crippen LogP contribution is -2.46. The molecule has 0 bridgehead atoms. The van der Waals surface area contributed by atoms with Gasteiger partial charge in [-0.25, -0.2) is 9.18 Å². The Morgan fingerprint density at radius 3 is 2.81 bits per heavy atom. The lowest BCUT2D eigenvalue weighted by atomic mass is 9.94. The van der Waals surface area contributed by atoms with E-state index in [9.17, 15) is 9.18 Å². The number of aromatic nitrogens is 2. The maximum atomic E-state index is 13.5. The van der Waals surface area contributed by atoms with Gasteiger partial charge in [0.25, 0.3) is 5.89 Å². The molecule has 0 aliphatic carbocycles. The molecule has 4 rings (SSSR count). The standard InChI is InChI=1S/C22H23FN4O3S/c1-3-29-12-5-11-27-14(2)18(21-25-20(26-30-21)17-6-4-13-31-17)19(24-22(27)28)15-7-9-16(23)10-8-15/h4,6-10,13,19H,3,5,11-12H2,1-2H3,(H,24,28). The second-order valence-corrected chi connectivity index (χ2v) is 7.98. The molecule has 1 aliphatic heterocycles. The maximum Gasteiger partial charge on any atom is 0.322 e. The van der Waals surface area contributed by atoms with Crippen molar-refractivity contribution in [2.45, 2.75) is 26.3 Å². The number of carbonyl (C=O) groups is 1. The molecule has 31 heavy (non-hydrogen) atoms. The fraction of sp³-hybridized carbons (Fsp3) is 0.318. The van der Waals surface area contributed by atoms with Crippen molar-refractivity contribution < 1.29 is 18.4 Å². The lowest BCUT2D eigenvalue weighted by molar-refractivity contribution is 0.136. The molecule has 3 aromatic rings. The average Bonchev–Trinajstić information content (AvgIpc) is 3.45. The molecule has 9 heteroatoms. The number of hydrogen-bond donors (Lipinski definition) is 1. The summed E-state index contributed by atoms with van der Waals surface area (Å²) in [5, 5.41) is 9.07. The first kappa shape index (κ1) is 21.2. The van der Waals surface area contributed by atoms with Crippen molar-refractivity contribution in [2.24, 2.45) is 0 Å². The monoisotopic (exact) mass is 442 g/mol. The van der Waals surface area contributed by atoms with E-state index < -0.39 is 6.04 Å². The van der Waals surface area contributed by atoms with Crippen LogP contribution in [0.15, 0.2) is 52.0 Å². The van der Waals surface area contributed by atoms with E-state index in [1.807, 2.05) is 31.4 Å². The van der Waals surface area contributed by atoms with Crippen LogP contribution in [-0.2, 0) is 4.74 Å². The SMILES string of the molecule is CCOCCCN1C(=O)NC(c2ccc(F)cc2)C(c2nc(-c3cccs3)no2)=C1C. The Bertz CT molecular complexity index is 1060. The molecule has 0 saturated heterocycles. The van der Waals surface area contributed by atoms with Gasteiger partial charge in [-0.2, -0.15) is 4.98 Å². The van der Waals surface area contributed by atoms with Crippen LogP contribution in [0, 0.1) is 5.82 Å². The Hall–Kier alpha value is -3.04. The van der Waals surface area contributed by atoms with Crippen LogP contribution in [0.1, 0.15) is 37.8 Å². The molecular formula is C22H23FN4O3S. The number of benzene rings is 1. The van der Waals surface area contributed by atoms with Gasteiger partial charge in [-0.15, -0.1) is 11.3 Å². The number of halogens is 1. The molecule has 3 heterocycles. The quantitative estimate of drug-likeness (QED) is 0.504. The molecule has 1 atom stereocenters. The minimum Gasteiger partial charge on any atom is -0.382 e. The van der Waals surface area contributed by atoms with E-state index in [1.54, 1.807) is 17.0 Å². The zero-order chi connectivity index (χ0) is 21.8. The number of allylic oxidation sites excluding steroid dienone is 1. The van der Waals surface area contributed by atoms with Crippen LogP contribution in [0.5, 0.6) is 0 Å². The van der Waals surface area contributed by atoms with E-state index in [4.69, 9.17) is 9.26 Å². The van der Waals surface area contributed by atoms with Gasteiger partial charge in [0.2, 0.25) is 5.82 Å². The first-order valence-electron chi connectivity index (χ1n) is 10.1. The largest absolute Gasteiger partial charge is 0.382 e. The minimum atomic E-state index is -0.534. The summed E-state index contributed by atoms with van der Waals surface area (Å²) >= 11 is 1.52. The van der Waals surface area contributed by atoms with Crippen molar-refractivity contribution in [3.8, 4) is 10.7 Å². The van der Waals surface area contributed by atoms with Gasteiger partial charge < -0.3 is 14.6 Å². The third-order valence-corrected chi connectivity index (χ3v) is 5.94. The molecule has 0 radical (unpaired) electrons. The maximum absolute atomic E-state index is 13.5. The third-order valence-electron chi connectivity index (χ3n) is 5.07. The van der Waals surface area contributed by atoms with Crippen LogP contribution in [0.4, 0.5) is 9.18 Å². The Labute approximate surface area is 183 Å². The first-order valence-corrected chi connectivity index (χ1v) is 11.0. The summed E-state index contributed by atoms with van der Waals surface area (Å²) in [6.45, 7) is 5.48. The van der Waals surface area contributed by atoms with E-state index in [2.05, 4.69) is 15.5 Å². The summed E-state index contributed by atoms with van der Waals surface area (Å²) in [6.07, 6.45) is 0.692. The fourth-order valence-electron chi connectivity index (χ4n) is 3.54. The highest BCUT2D eigenvalue weighted by atomic mass is 32.1. The van der Waals surface area contributed by atoms with Crippen LogP contribution in [0.3, 0.4) is 0 Å². The number of nitrogens with one attached hydrogen (secondary N) is 1. The van der Waals surface area contributed by atoms with Crippen LogP contribution in [0.25, 0.3) is 16.3 Å². The zero-order valence-corrected chi connectivity index (χ0v) is 18.1. The second kappa shape index (κ2) is 9.40. The van der Waals surface area contributed by atoms with Crippen molar-refractivity contribution >= 4 is 22.9 Å². The Morgan fingerprint density at radius 2 is 2.10 bits per heavy atom. The number of carbonyl (C=O) groups excluding carboxylic acids is 1. The van der Waals surface area contributed by atoms with Crippen molar-refractivity contribution in [3.05, 3.63) is 64.7 Å². The minimum absolute atomic E-state index is 0.231. The van der Waals surface area contributed by atoms with Crippen molar-refractivity contribution in [2.75, 3.05) is 19.8 Å². The van der Waals surface area contributed by atoms with Crippen LogP contribution in [0.2, 0.25) is 0 Å². The fourth-order valence-corrected chi connectivity index (χ4v) is 4.19. The van der Waals surface area contributed by atoms with Gasteiger partial charge >= 0.3 is 6.03 Å². The van der Waals surface area contributed by atoms with E-state index >= 15 is 0 Å². The lowest BCUT2D eigenvalue weighted by Gasteiger charge is -2.35. The highest BCUT2D eigenvalue weighted by molar-refractivity contribution is 7.13. The number of rotatable bonds is 8. The Morgan fingerprint density at radius 1 is 1.29 bits per heavy atom. The molecule has 1 unspecified atom stereocenters. The molecule has 2 aromatic heterocycles. The summed E-state index contributed by atoms with van der Waals surface area (Å²) in [5.41, 5.74) is 2.14. The summed E-state index contributed by atoms with van der Waals surface area (Å²) in [6, 6.07) is 9.10. The molecule has 162 valence electrons. The molecular weight excluding hydrogens is 419 g/mol. The third kappa shape index (κ3) is 4.52. The van der Waals surface area contributed by atoms with Crippen molar-refractivity contribution in [1.82, 2.24) is 20.4 Å². The first-order chi connectivity index (χ1) is 15.1. The van der Waals surface area contributed by atoms with Crippen LogP contribution >= 0.6 is 11.3 Å². The molecule has 1 N–H and O–H groups in total. The van der Waals surface area contributed by atoms with Gasteiger partial charge in [-0.1, -0.05) is 23.4 Å². The second-order valence-electron chi connectivity index (χ2n) is 7.04. The molecule has 0 saturated carbocycles. The van der Waals surface area contributed by atoms with E-state index in [0.717, 1.165) is 16.1 Å². The molecule has 1 aliphatic rings. The number of ether oxygens (including phenoxy) is 1. The van der Waals surface area contributed by atoms with Crippen LogP contribution < -0.4 is 5.32 Å². The smallest absolute Gasteiger partial charge is 0.322 e. The average molecular weight is 443 g/mol. The number of thiophene rings is 1. The van der Waals surface area contributed by atoms with Gasteiger partial charge in [0.05, 0.1) is 16.5 Å². The number of urea groups is 1. The summed E-state index contributed by atoms with van der Waals surface area (Å²) in [5.74, 6) is 0.469. The number of hydrogen-bond acceptors (Lipinski definition) is 6. The molecule has 7 nitrogen and oxygen atoms in total. The highest BCUT2D eigenvalue weighted by Crippen LogP contribution is 2.37. The van der Waals surface area contributed by atoms with Crippen LogP contribution in [-0.4, -0.2) is 40.8 Å². The molecule has 2 amide bonds. The molecule has 0 fully saturated rings. The van der Waals surface area contributed by atoms with Gasteiger partial charge in [0, 0.05) is 25.5 Å². The van der Waals surface area contributed by atoms with Crippen molar-refractivity contribution in [1.29, 1.82) is 0 Å². The zero-order valence-electron chi connectivity index (χ0n) is 17.3. The van der Waals surface area contributed by atoms with E-state index in [1.165, 1.54) is 23.5 Å². The summed E-state index contributed by atoms with van der Waals surface area (Å²) in [7, 11) is 0. The topological polar surface area (TPSA) is 80.5 Å². The Balaban J connectivity index is 1.72. The predicted molar refractivity (Wildman–Crippen MR) is 116 cm³/mol. The number of nitrogens with zero attached hydrogens (tertiary/aromatic N) is 3. The molecule has 1 aromatic carbocycles. The summed E-state index contributed by atoms with van der Waals surface area (Å²) in [4.78, 5) is 20.0. The summed E-state index contributed by atoms with van der Waals surface area (Å²) < 4.78 is 24.5. The van der Waals surface area contributed by atoms with Gasteiger partial charge in [0.1, 0.15) is 5.82 Å². The van der Waals surface area contributed by atoms with Gasteiger partial charge in [-0.05, 0) is 49.4 Å². The van der Waals surface area contributed by atoms with Gasteiger partial charge in [0.15, 0.2) is 0 Å². The Kier molecular flexibility index (Phi) is 6.43. The van der Waals surface area contributed by atoms with Crippen molar-refractivity contribution in [3.63, 3.8) is 0 Å². The van der Waals surface area contributed by atoms with E-state index in [0.29, 0.717) is 43.5 Å². The van der Waals surface area contributed by atoms with Gasteiger partial charge in [-0.3, -0.25) is 4.90 Å². The highest BCUT2D eigenvalue weighted by Gasteiger charge is 2.35. The normalized spacial score (nSPS) is 16.7. The number of amides is 2.